The lowest BCUT2D eigenvalue weighted by molar-refractivity contribution is -0.144. The molecule has 0 saturated heterocycles. The minimum absolute atomic E-state index is 0.00255. The van der Waals surface area contributed by atoms with Crippen molar-refractivity contribution in [1.82, 2.24) is 25.1 Å². The predicted molar refractivity (Wildman–Crippen MR) is 136 cm³/mol. The van der Waals surface area contributed by atoms with Gasteiger partial charge in [-0.15, -0.1) is 0 Å². The second-order valence-corrected chi connectivity index (χ2v) is 10.9. The Morgan fingerprint density at radius 1 is 1.12 bits per heavy atom. The fourth-order valence-corrected chi connectivity index (χ4v) is 4.91. The van der Waals surface area contributed by atoms with Gasteiger partial charge < -0.3 is 10.6 Å². The van der Waals surface area contributed by atoms with E-state index in [4.69, 9.17) is 0 Å². The van der Waals surface area contributed by atoms with Crippen molar-refractivity contribution < 1.29 is 40.1 Å². The zero-order chi connectivity index (χ0) is 30.0. The summed E-state index contributed by atoms with van der Waals surface area (Å²) in [6.07, 6.45) is -7.64. The van der Waals surface area contributed by atoms with Gasteiger partial charge in [-0.1, -0.05) is 6.07 Å². The summed E-state index contributed by atoms with van der Waals surface area (Å²) in [5.41, 5.74) is -3.24. The van der Waals surface area contributed by atoms with Crippen molar-refractivity contribution in [3.05, 3.63) is 69.0 Å². The summed E-state index contributed by atoms with van der Waals surface area (Å²) in [4.78, 5) is 33.8. The number of amides is 2. The molecule has 3 rings (SSSR count). The number of nitrogens with one attached hydrogen (secondary N) is 2. The Hall–Kier alpha value is -3.34. The molecule has 0 saturated carbocycles. The van der Waals surface area contributed by atoms with Crippen molar-refractivity contribution >= 4 is 44.2 Å². The van der Waals surface area contributed by atoms with Crippen LogP contribution in [0.2, 0.25) is 0 Å². The van der Waals surface area contributed by atoms with Gasteiger partial charge in [-0.2, -0.15) is 31.4 Å². The molecule has 1 aromatic carbocycles. The van der Waals surface area contributed by atoms with Gasteiger partial charge in [0, 0.05) is 39.4 Å². The molecule has 216 valence electrons. The SMILES string of the molecule is Cc1nc(Cn2nc(C(F)(F)F)cc2C(F)(F)F)ncc1NC(=O)c1cccc(Br)c1C(=O)N[C@@H](C)CS(C)=O. The number of nitrogens with zero attached hydrogens (tertiary/aromatic N) is 4. The van der Waals surface area contributed by atoms with Crippen LogP contribution in [0.3, 0.4) is 0 Å². The Labute approximate surface area is 234 Å². The molecule has 2 atom stereocenters. The molecule has 0 bridgehead atoms. The standard InChI is InChI=1S/C23H21BrF6N6O3S/c1-11(10-40(3)39)32-21(38)19-13(5-4-6-14(19)24)20(37)34-15-8-31-18(33-12(15)2)9-36-17(23(28,29)30)7-16(35-36)22(25,26)27/h4-8,11H,9-10H2,1-3H3,(H,32,38)(H,34,37)/t11-,40?/m0/s1. The van der Waals surface area contributed by atoms with Gasteiger partial charge >= 0.3 is 12.4 Å². The van der Waals surface area contributed by atoms with Crippen LogP contribution in [0.15, 0.2) is 34.9 Å². The summed E-state index contributed by atoms with van der Waals surface area (Å²) in [7, 11) is -1.17. The monoisotopic (exact) mass is 654 g/mol. The molecule has 9 nitrogen and oxygen atoms in total. The molecule has 0 radical (unpaired) electrons. The first kappa shape index (κ1) is 31.2. The van der Waals surface area contributed by atoms with Crippen LogP contribution in [0.1, 0.15) is 50.5 Å². The Balaban J connectivity index is 1.84. The maximum atomic E-state index is 13.3. The molecule has 40 heavy (non-hydrogen) atoms. The molecule has 0 aliphatic heterocycles. The molecule has 0 aliphatic rings. The lowest BCUT2D eigenvalue weighted by Gasteiger charge is -2.16. The maximum absolute atomic E-state index is 13.3. The lowest BCUT2D eigenvalue weighted by atomic mass is 10.1. The van der Waals surface area contributed by atoms with Crippen LogP contribution in [0, 0.1) is 6.92 Å². The maximum Gasteiger partial charge on any atom is 0.435 e. The smallest absolute Gasteiger partial charge is 0.349 e. The first-order chi connectivity index (χ1) is 18.5. The summed E-state index contributed by atoms with van der Waals surface area (Å²) in [5.74, 6) is -1.43. The van der Waals surface area contributed by atoms with Crippen molar-refractivity contribution in [1.29, 1.82) is 0 Å². The van der Waals surface area contributed by atoms with Crippen LogP contribution in [0.5, 0.6) is 0 Å². The van der Waals surface area contributed by atoms with Crippen molar-refractivity contribution in [2.75, 3.05) is 17.3 Å². The Kier molecular flexibility index (Phi) is 9.39. The molecule has 17 heteroatoms. The van der Waals surface area contributed by atoms with Gasteiger partial charge in [-0.25, -0.2) is 9.97 Å². The number of hydrogen-bond acceptors (Lipinski definition) is 6. The number of rotatable bonds is 8. The third-order valence-corrected chi connectivity index (χ3v) is 6.91. The van der Waals surface area contributed by atoms with Gasteiger partial charge in [-0.05, 0) is 41.9 Å². The summed E-state index contributed by atoms with van der Waals surface area (Å²) in [5, 5.41) is 8.21. The summed E-state index contributed by atoms with van der Waals surface area (Å²) in [6, 6.07) is 3.90. The quantitative estimate of drug-likeness (QED) is 0.343. The normalized spacial score (nSPS) is 13.6. The van der Waals surface area contributed by atoms with E-state index in [1.165, 1.54) is 25.3 Å². The molecule has 3 aromatic rings. The Bertz CT molecular complexity index is 1460. The predicted octanol–water partition coefficient (Wildman–Crippen LogP) is 4.58. The van der Waals surface area contributed by atoms with Gasteiger partial charge in [0.15, 0.2) is 5.69 Å². The molecule has 2 heterocycles. The molecule has 2 aromatic heterocycles. The number of alkyl halides is 6. The molecule has 0 aliphatic carbocycles. The highest BCUT2D eigenvalue weighted by atomic mass is 79.9. The molecule has 2 amide bonds. The highest BCUT2D eigenvalue weighted by molar-refractivity contribution is 9.10. The van der Waals surface area contributed by atoms with E-state index in [-0.39, 0.29) is 44.8 Å². The van der Waals surface area contributed by atoms with Gasteiger partial charge in [0.05, 0.1) is 28.7 Å². The highest BCUT2D eigenvalue weighted by Gasteiger charge is 2.42. The number of carbonyl (C=O) groups is 2. The van der Waals surface area contributed by atoms with E-state index in [1.807, 2.05) is 0 Å². The number of aryl methyl sites for hydroxylation is 1. The number of benzene rings is 1. The van der Waals surface area contributed by atoms with Crippen LogP contribution in [0.25, 0.3) is 0 Å². The first-order valence-electron chi connectivity index (χ1n) is 11.2. The third-order valence-electron chi connectivity index (χ3n) is 5.28. The minimum atomic E-state index is -5.11. The average molecular weight is 655 g/mol. The van der Waals surface area contributed by atoms with Gasteiger partial charge in [0.2, 0.25) is 0 Å². The molecular formula is C23H21BrF6N6O3S. The lowest BCUT2D eigenvalue weighted by Crippen LogP contribution is -2.37. The Morgan fingerprint density at radius 3 is 2.38 bits per heavy atom. The van der Waals surface area contributed by atoms with Crippen molar-refractivity contribution in [3.63, 3.8) is 0 Å². The van der Waals surface area contributed by atoms with Crippen molar-refractivity contribution in [2.24, 2.45) is 0 Å². The number of aromatic nitrogens is 4. The minimum Gasteiger partial charge on any atom is -0.349 e. The topological polar surface area (TPSA) is 119 Å². The number of hydrogen-bond donors (Lipinski definition) is 2. The van der Waals surface area contributed by atoms with Crippen LogP contribution >= 0.6 is 15.9 Å². The van der Waals surface area contributed by atoms with E-state index in [2.05, 4.69) is 41.6 Å². The molecule has 0 spiro atoms. The number of anilines is 1. The number of carbonyl (C=O) groups excluding carboxylic acids is 2. The average Bonchev–Trinajstić information content (AvgIpc) is 3.25. The summed E-state index contributed by atoms with van der Waals surface area (Å²) in [6.45, 7) is 2.23. The van der Waals surface area contributed by atoms with Crippen LogP contribution in [0.4, 0.5) is 32.0 Å². The highest BCUT2D eigenvalue weighted by Crippen LogP contribution is 2.35. The van der Waals surface area contributed by atoms with Crippen molar-refractivity contribution in [2.45, 2.75) is 38.8 Å². The molecule has 0 fully saturated rings. The van der Waals surface area contributed by atoms with Crippen LogP contribution in [-0.2, 0) is 29.7 Å². The molecular weight excluding hydrogens is 634 g/mol. The van der Waals surface area contributed by atoms with Gasteiger partial charge in [0.1, 0.15) is 18.1 Å². The number of halogens is 7. The second kappa shape index (κ2) is 12.0. The van der Waals surface area contributed by atoms with Gasteiger partial charge in [-0.3, -0.25) is 18.5 Å². The van der Waals surface area contributed by atoms with E-state index in [1.54, 1.807) is 13.0 Å². The summed E-state index contributed by atoms with van der Waals surface area (Å²) < 4.78 is 90.6. The molecule has 1 unspecified atom stereocenters. The van der Waals surface area contributed by atoms with Gasteiger partial charge in [0.25, 0.3) is 11.8 Å². The van der Waals surface area contributed by atoms with E-state index >= 15 is 0 Å². The van der Waals surface area contributed by atoms with E-state index in [0.717, 1.165) is 6.20 Å². The van der Waals surface area contributed by atoms with E-state index in [0.29, 0.717) is 4.47 Å². The van der Waals surface area contributed by atoms with Crippen molar-refractivity contribution in [3.8, 4) is 0 Å². The summed E-state index contributed by atoms with van der Waals surface area (Å²) >= 11 is 3.25. The largest absolute Gasteiger partial charge is 0.435 e. The van der Waals surface area contributed by atoms with Crippen LogP contribution < -0.4 is 10.6 Å². The fraction of sp³-hybridized carbons (Fsp3) is 0.348. The zero-order valence-corrected chi connectivity index (χ0v) is 23.3. The third kappa shape index (κ3) is 7.65. The van der Waals surface area contributed by atoms with E-state index < -0.39 is 58.9 Å². The van der Waals surface area contributed by atoms with E-state index in [9.17, 15) is 40.1 Å². The fourth-order valence-electron chi connectivity index (χ4n) is 3.58. The zero-order valence-electron chi connectivity index (χ0n) is 20.9. The second-order valence-electron chi connectivity index (χ2n) is 8.58. The Morgan fingerprint density at radius 2 is 1.80 bits per heavy atom. The first-order valence-corrected chi connectivity index (χ1v) is 13.7. The molecule has 2 N–H and O–H groups in total. The van der Waals surface area contributed by atoms with Crippen LogP contribution in [-0.4, -0.2) is 53.8 Å².